The van der Waals surface area contributed by atoms with Crippen molar-refractivity contribution in [1.82, 2.24) is 0 Å². The Labute approximate surface area is 162 Å². The largest absolute Gasteiger partial charge is 0.506 e. The van der Waals surface area contributed by atoms with Crippen molar-refractivity contribution in [3.8, 4) is 5.75 Å². The third-order valence-electron chi connectivity index (χ3n) is 3.90. The van der Waals surface area contributed by atoms with Crippen LogP contribution in [0.2, 0.25) is 5.02 Å². The van der Waals surface area contributed by atoms with Crippen LogP contribution in [-0.2, 0) is 4.79 Å². The van der Waals surface area contributed by atoms with Gasteiger partial charge in [-0.15, -0.1) is 0 Å². The molecule has 134 valence electrons. The van der Waals surface area contributed by atoms with E-state index in [-0.39, 0.29) is 16.7 Å². The van der Waals surface area contributed by atoms with Crippen LogP contribution in [0.3, 0.4) is 0 Å². The quantitative estimate of drug-likeness (QED) is 0.731. The summed E-state index contributed by atoms with van der Waals surface area (Å²) in [6.07, 6.45) is 2.69. The molecule has 2 aromatic carbocycles. The topological polar surface area (TPSA) is 52.9 Å². The number of para-hydroxylation sites is 1. The fourth-order valence-electron chi connectivity index (χ4n) is 2.58. The number of anilines is 1. The highest BCUT2D eigenvalue weighted by Gasteiger charge is 2.35. The molecule has 0 atom stereocenters. The Bertz CT molecular complexity index is 908. The molecule has 26 heavy (non-hydrogen) atoms. The molecule has 0 saturated carbocycles. The van der Waals surface area contributed by atoms with E-state index in [1.807, 2.05) is 31.2 Å². The van der Waals surface area contributed by atoms with Crippen molar-refractivity contribution < 1.29 is 9.90 Å². The monoisotopic (exact) mass is 386 g/mol. The van der Waals surface area contributed by atoms with Gasteiger partial charge in [-0.3, -0.25) is 14.7 Å². The van der Waals surface area contributed by atoms with E-state index in [0.29, 0.717) is 16.6 Å². The number of halogens is 1. The second kappa shape index (κ2) is 7.98. The Morgan fingerprint density at radius 3 is 2.73 bits per heavy atom. The molecule has 0 bridgehead atoms. The van der Waals surface area contributed by atoms with Crippen molar-refractivity contribution >= 4 is 46.2 Å². The lowest BCUT2D eigenvalue weighted by atomic mass is 10.1. The molecular weight excluding hydrogens is 368 g/mol. The van der Waals surface area contributed by atoms with Crippen molar-refractivity contribution in [1.29, 1.82) is 0 Å². The molecular formula is C20H19ClN2O2S. The normalized spacial score (nSPS) is 17.5. The maximum atomic E-state index is 13.1. The summed E-state index contributed by atoms with van der Waals surface area (Å²) in [4.78, 5) is 19.9. The van der Waals surface area contributed by atoms with Gasteiger partial charge >= 0.3 is 0 Å². The second-order valence-electron chi connectivity index (χ2n) is 5.91. The van der Waals surface area contributed by atoms with Crippen LogP contribution in [0.15, 0.2) is 52.4 Å². The number of aromatic hydroxyl groups is 1. The summed E-state index contributed by atoms with van der Waals surface area (Å²) in [5.41, 5.74) is 2.61. The molecule has 1 N–H and O–H groups in total. The van der Waals surface area contributed by atoms with Gasteiger partial charge in [-0.25, -0.2) is 0 Å². The van der Waals surface area contributed by atoms with Gasteiger partial charge in [0.25, 0.3) is 5.91 Å². The number of nitrogens with zero attached hydrogens (tertiary/aromatic N) is 2. The number of amides is 1. The number of carbonyl (C=O) groups is 1. The summed E-state index contributed by atoms with van der Waals surface area (Å²) in [7, 11) is 0. The minimum atomic E-state index is -0.108. The molecule has 1 aliphatic heterocycles. The molecule has 3 rings (SSSR count). The van der Waals surface area contributed by atoms with Gasteiger partial charge in [-0.05, 0) is 60.5 Å². The van der Waals surface area contributed by atoms with E-state index in [0.717, 1.165) is 23.2 Å². The molecule has 0 spiro atoms. The van der Waals surface area contributed by atoms with Gasteiger partial charge < -0.3 is 5.11 Å². The van der Waals surface area contributed by atoms with Crippen LogP contribution in [0.4, 0.5) is 5.69 Å². The van der Waals surface area contributed by atoms with Crippen LogP contribution in [0.1, 0.15) is 24.5 Å². The molecule has 1 saturated heterocycles. The SMILES string of the molecule is CCCN=C1S/C(=C\c2ccc(O)c(Cl)c2)C(=O)N1c1ccccc1C. The molecule has 1 amide bonds. The zero-order valence-corrected chi connectivity index (χ0v) is 16.1. The lowest BCUT2D eigenvalue weighted by Gasteiger charge is -2.17. The molecule has 4 nitrogen and oxygen atoms in total. The molecule has 1 aliphatic rings. The molecule has 1 heterocycles. The minimum Gasteiger partial charge on any atom is -0.506 e. The third kappa shape index (κ3) is 3.79. The van der Waals surface area contributed by atoms with E-state index < -0.39 is 0 Å². The first-order valence-corrected chi connectivity index (χ1v) is 9.53. The average Bonchev–Trinajstić information content (AvgIpc) is 2.92. The van der Waals surface area contributed by atoms with Gasteiger partial charge in [-0.2, -0.15) is 0 Å². The zero-order chi connectivity index (χ0) is 18.7. The van der Waals surface area contributed by atoms with Gasteiger partial charge in [-0.1, -0.05) is 42.8 Å². The number of hydrogen-bond acceptors (Lipinski definition) is 4. The number of thioether (sulfide) groups is 1. The standard InChI is InChI=1S/C20H19ClN2O2S/c1-3-10-22-20-23(16-7-5-4-6-13(16)2)19(25)18(26-20)12-14-8-9-17(24)15(21)11-14/h4-9,11-12,24H,3,10H2,1-2H3/b18-12-,22-20?. The highest BCUT2D eigenvalue weighted by molar-refractivity contribution is 8.19. The Hall–Kier alpha value is -2.24. The number of rotatable bonds is 4. The van der Waals surface area contributed by atoms with Crippen molar-refractivity contribution in [3.63, 3.8) is 0 Å². The maximum absolute atomic E-state index is 13.1. The van der Waals surface area contributed by atoms with Gasteiger partial charge in [0.2, 0.25) is 0 Å². The fourth-order valence-corrected chi connectivity index (χ4v) is 3.77. The van der Waals surface area contributed by atoms with E-state index in [4.69, 9.17) is 11.6 Å². The van der Waals surface area contributed by atoms with Gasteiger partial charge in [0.1, 0.15) is 5.75 Å². The first-order chi connectivity index (χ1) is 12.5. The van der Waals surface area contributed by atoms with Crippen molar-refractivity contribution in [2.24, 2.45) is 4.99 Å². The van der Waals surface area contributed by atoms with Crippen LogP contribution in [0.25, 0.3) is 6.08 Å². The molecule has 2 aromatic rings. The van der Waals surface area contributed by atoms with Crippen LogP contribution in [0, 0.1) is 6.92 Å². The number of carbonyl (C=O) groups excluding carboxylic acids is 1. The second-order valence-corrected chi connectivity index (χ2v) is 7.33. The minimum absolute atomic E-state index is 0.0194. The summed E-state index contributed by atoms with van der Waals surface area (Å²) < 4.78 is 0. The Kier molecular flexibility index (Phi) is 5.69. The summed E-state index contributed by atoms with van der Waals surface area (Å²) in [6.45, 7) is 4.70. The Morgan fingerprint density at radius 2 is 2.04 bits per heavy atom. The highest BCUT2D eigenvalue weighted by Crippen LogP contribution is 2.37. The van der Waals surface area contributed by atoms with Crippen molar-refractivity contribution in [2.45, 2.75) is 20.3 Å². The molecule has 0 aromatic heterocycles. The van der Waals surface area contributed by atoms with E-state index in [2.05, 4.69) is 11.9 Å². The lowest BCUT2D eigenvalue weighted by molar-refractivity contribution is -0.113. The van der Waals surface area contributed by atoms with E-state index >= 15 is 0 Å². The molecule has 0 unspecified atom stereocenters. The Morgan fingerprint density at radius 1 is 1.27 bits per heavy atom. The number of aliphatic imine (C=N–C) groups is 1. The summed E-state index contributed by atoms with van der Waals surface area (Å²) in [5.74, 6) is -0.0886. The van der Waals surface area contributed by atoms with Crippen molar-refractivity contribution in [2.75, 3.05) is 11.4 Å². The maximum Gasteiger partial charge on any atom is 0.271 e. The fraction of sp³-hybridized carbons (Fsp3) is 0.200. The average molecular weight is 387 g/mol. The van der Waals surface area contributed by atoms with E-state index in [9.17, 15) is 9.90 Å². The highest BCUT2D eigenvalue weighted by atomic mass is 35.5. The van der Waals surface area contributed by atoms with Crippen LogP contribution in [0.5, 0.6) is 5.75 Å². The van der Waals surface area contributed by atoms with Gasteiger partial charge in [0, 0.05) is 6.54 Å². The number of phenolic OH excluding ortho intramolecular Hbond substituents is 1. The van der Waals surface area contributed by atoms with Crippen LogP contribution < -0.4 is 4.90 Å². The van der Waals surface area contributed by atoms with Gasteiger partial charge in [0.15, 0.2) is 5.17 Å². The number of phenols is 1. The first-order valence-electron chi connectivity index (χ1n) is 8.34. The third-order valence-corrected chi connectivity index (χ3v) is 5.21. The predicted molar refractivity (Wildman–Crippen MR) is 110 cm³/mol. The van der Waals surface area contributed by atoms with Crippen LogP contribution in [-0.4, -0.2) is 22.7 Å². The van der Waals surface area contributed by atoms with E-state index in [1.54, 1.807) is 23.1 Å². The molecule has 6 heteroatoms. The molecule has 0 radical (unpaired) electrons. The number of amidine groups is 1. The summed E-state index contributed by atoms with van der Waals surface area (Å²) in [6, 6.07) is 12.6. The van der Waals surface area contributed by atoms with Crippen molar-refractivity contribution in [3.05, 3.63) is 63.5 Å². The smallest absolute Gasteiger partial charge is 0.271 e. The first kappa shape index (κ1) is 18.5. The number of hydrogen-bond donors (Lipinski definition) is 1. The summed E-state index contributed by atoms with van der Waals surface area (Å²) >= 11 is 7.33. The zero-order valence-electron chi connectivity index (χ0n) is 14.6. The Balaban J connectivity index is 2.02. The summed E-state index contributed by atoms with van der Waals surface area (Å²) in [5, 5.41) is 10.5. The van der Waals surface area contributed by atoms with Crippen LogP contribution >= 0.6 is 23.4 Å². The van der Waals surface area contributed by atoms with E-state index in [1.165, 1.54) is 17.8 Å². The number of aryl methyl sites for hydroxylation is 1. The number of benzene rings is 2. The lowest BCUT2D eigenvalue weighted by Crippen LogP contribution is -2.29. The molecule has 0 aliphatic carbocycles. The predicted octanol–water partition coefficient (Wildman–Crippen LogP) is 5.24. The molecule has 1 fully saturated rings. The van der Waals surface area contributed by atoms with Gasteiger partial charge in [0.05, 0.1) is 15.6 Å².